The summed E-state index contributed by atoms with van der Waals surface area (Å²) in [6.07, 6.45) is 4.50. The van der Waals surface area contributed by atoms with Crippen molar-refractivity contribution in [2.24, 2.45) is 0 Å². The van der Waals surface area contributed by atoms with E-state index >= 15 is 0 Å². The summed E-state index contributed by atoms with van der Waals surface area (Å²) < 4.78 is 0. The van der Waals surface area contributed by atoms with Crippen LogP contribution < -0.4 is 0 Å². The molecule has 14 heavy (non-hydrogen) atoms. The molecule has 0 fully saturated rings. The zero-order chi connectivity index (χ0) is 9.80. The van der Waals surface area contributed by atoms with Crippen molar-refractivity contribution in [3.05, 3.63) is 59.7 Å². The maximum atomic E-state index is 4.29. The van der Waals surface area contributed by atoms with E-state index in [0.29, 0.717) is 0 Å². The smallest absolute Gasteiger partial charge is 0.0448 e. The summed E-state index contributed by atoms with van der Waals surface area (Å²) in [7, 11) is 0. The van der Waals surface area contributed by atoms with Gasteiger partial charge in [-0.05, 0) is 30.7 Å². The van der Waals surface area contributed by atoms with Crippen LogP contribution in [-0.4, -0.2) is 9.97 Å². The molecule has 0 spiro atoms. The van der Waals surface area contributed by atoms with Crippen LogP contribution in [0.1, 0.15) is 17.0 Å². The summed E-state index contributed by atoms with van der Waals surface area (Å²) >= 11 is 0. The second-order valence-corrected chi connectivity index (χ2v) is 3.25. The van der Waals surface area contributed by atoms with Crippen LogP contribution >= 0.6 is 0 Å². The lowest BCUT2D eigenvalue weighted by atomic mass is 10.1. The quantitative estimate of drug-likeness (QED) is 0.716. The van der Waals surface area contributed by atoms with E-state index in [4.69, 9.17) is 0 Å². The number of aryl methyl sites for hydroxylation is 1. The lowest BCUT2D eigenvalue weighted by molar-refractivity contribution is 1.02. The molecular formula is C12H12N2. The van der Waals surface area contributed by atoms with Crippen molar-refractivity contribution in [1.29, 1.82) is 0 Å². The molecule has 0 atom stereocenters. The van der Waals surface area contributed by atoms with Crippen LogP contribution in [-0.2, 0) is 6.42 Å². The Morgan fingerprint density at radius 1 is 1.00 bits per heavy atom. The van der Waals surface area contributed by atoms with Crippen LogP contribution in [0.4, 0.5) is 0 Å². The Morgan fingerprint density at radius 3 is 2.57 bits per heavy atom. The van der Waals surface area contributed by atoms with E-state index in [9.17, 15) is 0 Å². The second-order valence-electron chi connectivity index (χ2n) is 3.25. The van der Waals surface area contributed by atoms with Crippen molar-refractivity contribution in [3.63, 3.8) is 0 Å². The molecule has 0 aliphatic heterocycles. The Labute approximate surface area is 83.7 Å². The van der Waals surface area contributed by atoms with Gasteiger partial charge < -0.3 is 0 Å². The molecule has 0 aliphatic rings. The molecule has 2 nitrogen and oxygen atoms in total. The largest absolute Gasteiger partial charge is 0.261 e. The normalized spacial score (nSPS) is 10.1. The Kier molecular flexibility index (Phi) is 2.54. The van der Waals surface area contributed by atoms with Crippen LogP contribution in [0.25, 0.3) is 0 Å². The van der Waals surface area contributed by atoms with Gasteiger partial charge in [0.1, 0.15) is 0 Å². The molecule has 2 heterocycles. The molecule has 2 heteroatoms. The first-order valence-electron chi connectivity index (χ1n) is 4.66. The predicted octanol–water partition coefficient (Wildman–Crippen LogP) is 2.38. The van der Waals surface area contributed by atoms with Crippen molar-refractivity contribution < 1.29 is 0 Å². The molecule has 0 saturated carbocycles. The zero-order valence-electron chi connectivity index (χ0n) is 8.14. The highest BCUT2D eigenvalue weighted by molar-refractivity contribution is 5.24. The van der Waals surface area contributed by atoms with Gasteiger partial charge in [0.15, 0.2) is 0 Å². The highest BCUT2D eigenvalue weighted by atomic mass is 14.7. The van der Waals surface area contributed by atoms with Crippen molar-refractivity contribution in [2.45, 2.75) is 13.3 Å². The zero-order valence-corrected chi connectivity index (χ0v) is 8.14. The molecule has 0 aromatic carbocycles. The molecule has 0 radical (unpaired) electrons. The number of aromatic nitrogens is 2. The summed E-state index contributed by atoms with van der Waals surface area (Å²) in [5.74, 6) is 0. The molecule has 0 amide bonds. The highest BCUT2D eigenvalue weighted by Crippen LogP contribution is 2.09. The third-order valence-electron chi connectivity index (χ3n) is 2.21. The minimum absolute atomic E-state index is 0.862. The van der Waals surface area contributed by atoms with Gasteiger partial charge in [0.25, 0.3) is 0 Å². The first-order valence-corrected chi connectivity index (χ1v) is 4.66. The van der Waals surface area contributed by atoms with E-state index in [2.05, 4.69) is 16.0 Å². The highest BCUT2D eigenvalue weighted by Gasteiger charge is 1.99. The van der Waals surface area contributed by atoms with E-state index in [0.717, 1.165) is 17.8 Å². The van der Waals surface area contributed by atoms with Gasteiger partial charge >= 0.3 is 0 Å². The molecule has 0 aliphatic carbocycles. The maximum Gasteiger partial charge on any atom is 0.0448 e. The Bertz CT molecular complexity index is 410. The molecule has 0 bridgehead atoms. The number of pyridine rings is 2. The summed E-state index contributed by atoms with van der Waals surface area (Å²) in [6, 6.07) is 10.0. The third-order valence-corrected chi connectivity index (χ3v) is 2.21. The number of rotatable bonds is 2. The van der Waals surface area contributed by atoms with E-state index in [1.165, 1.54) is 5.56 Å². The van der Waals surface area contributed by atoms with Crippen LogP contribution in [0, 0.1) is 6.92 Å². The average molecular weight is 184 g/mol. The van der Waals surface area contributed by atoms with Gasteiger partial charge in [0.05, 0.1) is 0 Å². The van der Waals surface area contributed by atoms with E-state index < -0.39 is 0 Å². The first-order chi connectivity index (χ1) is 6.86. The molecule has 0 unspecified atom stereocenters. The van der Waals surface area contributed by atoms with E-state index in [1.807, 2.05) is 43.6 Å². The van der Waals surface area contributed by atoms with Gasteiger partial charge in [-0.2, -0.15) is 0 Å². The lowest BCUT2D eigenvalue weighted by Crippen LogP contribution is -1.95. The van der Waals surface area contributed by atoms with Crippen molar-refractivity contribution in [1.82, 2.24) is 9.97 Å². The molecule has 2 aromatic heterocycles. The topological polar surface area (TPSA) is 25.8 Å². The predicted molar refractivity (Wildman–Crippen MR) is 56.0 cm³/mol. The molecule has 0 saturated heterocycles. The minimum Gasteiger partial charge on any atom is -0.261 e. The van der Waals surface area contributed by atoms with Crippen LogP contribution in [0.2, 0.25) is 0 Å². The molecule has 2 aromatic rings. The van der Waals surface area contributed by atoms with Gasteiger partial charge in [-0.15, -0.1) is 0 Å². The minimum atomic E-state index is 0.862. The van der Waals surface area contributed by atoms with Crippen molar-refractivity contribution in [3.8, 4) is 0 Å². The fourth-order valence-corrected chi connectivity index (χ4v) is 1.40. The van der Waals surface area contributed by atoms with Gasteiger partial charge in [0, 0.05) is 30.2 Å². The number of nitrogens with zero attached hydrogens (tertiary/aromatic N) is 2. The Morgan fingerprint density at radius 2 is 1.86 bits per heavy atom. The standard InChI is InChI=1S/C12H12N2/c1-10-11(5-4-8-13-10)9-12-6-2-3-7-14-12/h2-8H,9H2,1H3. The van der Waals surface area contributed by atoms with Gasteiger partial charge in [-0.3, -0.25) is 9.97 Å². The monoisotopic (exact) mass is 184 g/mol. The second kappa shape index (κ2) is 4.01. The summed E-state index contributed by atoms with van der Waals surface area (Å²) in [5, 5.41) is 0. The number of hydrogen-bond acceptors (Lipinski definition) is 2. The third kappa shape index (κ3) is 1.96. The SMILES string of the molecule is Cc1ncccc1Cc1ccccn1. The Balaban J connectivity index is 2.24. The summed E-state index contributed by atoms with van der Waals surface area (Å²) in [6.45, 7) is 2.03. The maximum absolute atomic E-state index is 4.29. The van der Waals surface area contributed by atoms with Crippen LogP contribution in [0.3, 0.4) is 0 Å². The summed E-state index contributed by atoms with van der Waals surface area (Å²) in [5.41, 5.74) is 3.41. The van der Waals surface area contributed by atoms with Crippen molar-refractivity contribution in [2.75, 3.05) is 0 Å². The first kappa shape index (κ1) is 8.88. The molecule has 0 N–H and O–H groups in total. The van der Waals surface area contributed by atoms with E-state index in [-0.39, 0.29) is 0 Å². The van der Waals surface area contributed by atoms with Gasteiger partial charge in [-0.1, -0.05) is 12.1 Å². The Hall–Kier alpha value is -1.70. The fourth-order valence-electron chi connectivity index (χ4n) is 1.40. The average Bonchev–Trinajstić information content (AvgIpc) is 2.23. The van der Waals surface area contributed by atoms with Gasteiger partial charge in [0.2, 0.25) is 0 Å². The fraction of sp³-hybridized carbons (Fsp3) is 0.167. The number of hydrogen-bond donors (Lipinski definition) is 0. The van der Waals surface area contributed by atoms with Crippen molar-refractivity contribution >= 4 is 0 Å². The van der Waals surface area contributed by atoms with Gasteiger partial charge in [-0.25, -0.2) is 0 Å². The summed E-state index contributed by atoms with van der Waals surface area (Å²) in [4.78, 5) is 8.53. The molecular weight excluding hydrogens is 172 g/mol. The molecule has 2 rings (SSSR count). The molecule has 70 valence electrons. The van der Waals surface area contributed by atoms with Crippen LogP contribution in [0.5, 0.6) is 0 Å². The van der Waals surface area contributed by atoms with Crippen LogP contribution in [0.15, 0.2) is 42.7 Å². The van der Waals surface area contributed by atoms with E-state index in [1.54, 1.807) is 0 Å². The lowest BCUT2D eigenvalue weighted by Gasteiger charge is -2.03.